The largest absolute Gasteiger partial charge is 0.381 e. The van der Waals surface area contributed by atoms with Crippen molar-refractivity contribution in [3.63, 3.8) is 0 Å². The molecule has 0 spiro atoms. The zero-order valence-corrected chi connectivity index (χ0v) is 13.3. The van der Waals surface area contributed by atoms with E-state index in [1.54, 1.807) is 0 Å². The quantitative estimate of drug-likeness (QED) is 0.732. The van der Waals surface area contributed by atoms with Crippen LogP contribution in [0.1, 0.15) is 26.7 Å². The number of rotatable bonds is 8. The van der Waals surface area contributed by atoms with Gasteiger partial charge >= 0.3 is 0 Å². The first-order chi connectivity index (χ1) is 8.69. The number of hydrogen-bond donors (Lipinski definition) is 1. The smallest absolute Gasteiger partial charge is 0.0521 e. The van der Waals surface area contributed by atoms with Crippen molar-refractivity contribution in [2.24, 2.45) is 5.92 Å². The van der Waals surface area contributed by atoms with Gasteiger partial charge in [-0.05, 0) is 45.4 Å². The van der Waals surface area contributed by atoms with Crippen molar-refractivity contribution in [3.05, 3.63) is 0 Å². The predicted octanol–water partition coefficient (Wildman–Crippen LogP) is 2.07. The molecule has 0 aromatic carbocycles. The third kappa shape index (κ3) is 5.47. The van der Waals surface area contributed by atoms with E-state index in [1.165, 1.54) is 12.2 Å². The topological polar surface area (TPSA) is 24.5 Å². The second-order valence-corrected chi connectivity index (χ2v) is 6.34. The van der Waals surface area contributed by atoms with Gasteiger partial charge in [0, 0.05) is 31.2 Å². The molecule has 0 aromatic heterocycles. The highest BCUT2D eigenvalue weighted by Gasteiger charge is 2.26. The normalized spacial score (nSPS) is 26.5. The lowest BCUT2D eigenvalue weighted by Crippen LogP contribution is -2.48. The molecular formula is C14H30N2OS. The minimum atomic E-state index is 0.638. The van der Waals surface area contributed by atoms with Crippen molar-refractivity contribution < 1.29 is 4.74 Å². The molecule has 1 saturated heterocycles. The van der Waals surface area contributed by atoms with Gasteiger partial charge in [0.05, 0.1) is 6.61 Å². The van der Waals surface area contributed by atoms with Gasteiger partial charge in [0.25, 0.3) is 0 Å². The van der Waals surface area contributed by atoms with Gasteiger partial charge in [-0.2, -0.15) is 11.8 Å². The molecule has 1 aliphatic heterocycles. The summed E-state index contributed by atoms with van der Waals surface area (Å²) in [5.74, 6) is 1.89. The van der Waals surface area contributed by atoms with Crippen LogP contribution in [0.4, 0.5) is 0 Å². The lowest BCUT2D eigenvalue weighted by atomic mass is 9.94. The van der Waals surface area contributed by atoms with Crippen molar-refractivity contribution in [2.45, 2.75) is 38.8 Å². The van der Waals surface area contributed by atoms with Gasteiger partial charge in [-0.15, -0.1) is 0 Å². The molecule has 1 aliphatic rings. The molecule has 0 saturated carbocycles. The fourth-order valence-corrected chi connectivity index (χ4v) is 3.14. The van der Waals surface area contributed by atoms with Gasteiger partial charge in [0.15, 0.2) is 0 Å². The van der Waals surface area contributed by atoms with Crippen molar-refractivity contribution in [3.8, 4) is 0 Å². The molecule has 0 aromatic rings. The fourth-order valence-electron chi connectivity index (χ4n) is 2.57. The molecule has 3 atom stereocenters. The molecular weight excluding hydrogens is 244 g/mol. The second kappa shape index (κ2) is 9.18. The summed E-state index contributed by atoms with van der Waals surface area (Å²) < 4.78 is 5.65. The highest BCUT2D eigenvalue weighted by atomic mass is 32.2. The van der Waals surface area contributed by atoms with Gasteiger partial charge in [-0.3, -0.25) is 0 Å². The summed E-state index contributed by atoms with van der Waals surface area (Å²) in [6.45, 7) is 8.57. The van der Waals surface area contributed by atoms with Crippen molar-refractivity contribution in [2.75, 3.05) is 45.4 Å². The number of thioether (sulfide) groups is 1. The summed E-state index contributed by atoms with van der Waals surface area (Å²) in [5.41, 5.74) is 0. The molecule has 1 rings (SSSR count). The average molecular weight is 274 g/mol. The monoisotopic (exact) mass is 274 g/mol. The SMILES string of the molecule is CCNC1CCOCC1CN(C)C(C)CCSC. The Labute approximate surface area is 117 Å². The van der Waals surface area contributed by atoms with Gasteiger partial charge in [0.2, 0.25) is 0 Å². The lowest BCUT2D eigenvalue weighted by Gasteiger charge is -2.36. The van der Waals surface area contributed by atoms with E-state index in [9.17, 15) is 0 Å². The Hall–Kier alpha value is 0.230. The molecule has 1 heterocycles. The van der Waals surface area contributed by atoms with Gasteiger partial charge < -0.3 is 15.0 Å². The van der Waals surface area contributed by atoms with Crippen LogP contribution in [0.5, 0.6) is 0 Å². The van der Waals surface area contributed by atoms with Crippen LogP contribution < -0.4 is 5.32 Å². The van der Waals surface area contributed by atoms with E-state index in [0.717, 1.165) is 32.7 Å². The first kappa shape index (κ1) is 16.3. The van der Waals surface area contributed by atoms with E-state index < -0.39 is 0 Å². The second-order valence-electron chi connectivity index (χ2n) is 5.36. The van der Waals surface area contributed by atoms with E-state index in [2.05, 4.69) is 37.4 Å². The van der Waals surface area contributed by atoms with Crippen LogP contribution in [-0.2, 0) is 4.74 Å². The Kier molecular flexibility index (Phi) is 8.31. The van der Waals surface area contributed by atoms with Gasteiger partial charge in [0.1, 0.15) is 0 Å². The van der Waals surface area contributed by atoms with Crippen LogP contribution in [0.3, 0.4) is 0 Å². The van der Waals surface area contributed by atoms with Crippen LogP contribution in [0.2, 0.25) is 0 Å². The average Bonchev–Trinajstić information content (AvgIpc) is 2.38. The summed E-state index contributed by atoms with van der Waals surface area (Å²) in [6, 6.07) is 1.31. The Balaban J connectivity index is 2.37. The van der Waals surface area contributed by atoms with E-state index >= 15 is 0 Å². The molecule has 3 unspecified atom stereocenters. The maximum absolute atomic E-state index is 5.65. The highest BCUT2D eigenvalue weighted by Crippen LogP contribution is 2.17. The molecule has 3 nitrogen and oxygen atoms in total. The molecule has 1 N–H and O–H groups in total. The molecule has 0 bridgehead atoms. The van der Waals surface area contributed by atoms with E-state index in [0.29, 0.717) is 18.0 Å². The lowest BCUT2D eigenvalue weighted by molar-refractivity contribution is 0.0158. The maximum atomic E-state index is 5.65. The standard InChI is InChI=1S/C14H30N2OS/c1-5-15-14-6-8-17-11-13(14)10-16(3)12(2)7-9-18-4/h12-15H,5-11H2,1-4H3. The number of ether oxygens (including phenoxy) is 1. The van der Waals surface area contributed by atoms with E-state index in [1.807, 2.05) is 11.8 Å². The van der Waals surface area contributed by atoms with Crippen molar-refractivity contribution in [1.82, 2.24) is 10.2 Å². The number of nitrogens with zero attached hydrogens (tertiary/aromatic N) is 1. The zero-order valence-electron chi connectivity index (χ0n) is 12.4. The zero-order chi connectivity index (χ0) is 13.4. The van der Waals surface area contributed by atoms with Crippen LogP contribution in [0, 0.1) is 5.92 Å². The number of hydrogen-bond acceptors (Lipinski definition) is 4. The molecule has 1 fully saturated rings. The summed E-state index contributed by atoms with van der Waals surface area (Å²) in [5, 5.41) is 3.61. The number of nitrogens with one attached hydrogen (secondary N) is 1. The predicted molar refractivity (Wildman–Crippen MR) is 81.5 cm³/mol. The minimum absolute atomic E-state index is 0.638. The van der Waals surface area contributed by atoms with Crippen molar-refractivity contribution in [1.29, 1.82) is 0 Å². The maximum Gasteiger partial charge on any atom is 0.0521 e. The van der Waals surface area contributed by atoms with Crippen LogP contribution in [0.25, 0.3) is 0 Å². The Morgan fingerprint density at radius 1 is 1.50 bits per heavy atom. The minimum Gasteiger partial charge on any atom is -0.381 e. The summed E-state index contributed by atoms with van der Waals surface area (Å²) >= 11 is 1.94. The Bertz CT molecular complexity index is 214. The summed E-state index contributed by atoms with van der Waals surface area (Å²) in [4.78, 5) is 2.50. The molecule has 0 aliphatic carbocycles. The van der Waals surface area contributed by atoms with Crippen LogP contribution in [0.15, 0.2) is 0 Å². The first-order valence-electron chi connectivity index (χ1n) is 7.19. The Morgan fingerprint density at radius 2 is 2.28 bits per heavy atom. The molecule has 4 heteroatoms. The Morgan fingerprint density at radius 3 is 2.94 bits per heavy atom. The highest BCUT2D eigenvalue weighted by molar-refractivity contribution is 7.98. The van der Waals surface area contributed by atoms with Gasteiger partial charge in [-0.1, -0.05) is 6.92 Å². The van der Waals surface area contributed by atoms with E-state index in [4.69, 9.17) is 4.74 Å². The summed E-state index contributed by atoms with van der Waals surface area (Å²) in [7, 11) is 2.25. The molecule has 18 heavy (non-hydrogen) atoms. The fraction of sp³-hybridized carbons (Fsp3) is 1.00. The van der Waals surface area contributed by atoms with Gasteiger partial charge in [-0.25, -0.2) is 0 Å². The molecule has 108 valence electrons. The van der Waals surface area contributed by atoms with E-state index in [-0.39, 0.29) is 0 Å². The van der Waals surface area contributed by atoms with Crippen LogP contribution in [-0.4, -0.2) is 62.3 Å². The van der Waals surface area contributed by atoms with Crippen LogP contribution >= 0.6 is 11.8 Å². The molecule has 0 amide bonds. The third-order valence-electron chi connectivity index (χ3n) is 3.96. The third-order valence-corrected chi connectivity index (χ3v) is 4.60. The van der Waals surface area contributed by atoms with Crippen molar-refractivity contribution >= 4 is 11.8 Å². The molecule has 0 radical (unpaired) electrons. The summed E-state index contributed by atoms with van der Waals surface area (Å²) in [6.07, 6.45) is 4.62. The first-order valence-corrected chi connectivity index (χ1v) is 8.58.